The molecular weight excluding hydrogens is 380 g/mol. The van der Waals surface area contributed by atoms with Crippen molar-refractivity contribution in [3.63, 3.8) is 0 Å². The maximum absolute atomic E-state index is 13.2. The number of hydrogen-bond donors (Lipinski definition) is 2. The van der Waals surface area contributed by atoms with Crippen LogP contribution in [0.3, 0.4) is 0 Å². The molecule has 5 rings (SSSR count). The Morgan fingerprint density at radius 1 is 1.11 bits per heavy atom. The fraction of sp³-hybridized carbons (Fsp3) is 0.789. The van der Waals surface area contributed by atoms with Gasteiger partial charge in [-0.15, -0.1) is 0 Å². The summed E-state index contributed by atoms with van der Waals surface area (Å²) in [6, 6.07) is 1.75. The first kappa shape index (κ1) is 18.6. The van der Waals surface area contributed by atoms with Gasteiger partial charge in [0.2, 0.25) is 10.0 Å². The Labute approximate surface area is 165 Å². The first-order valence-corrected chi connectivity index (χ1v) is 12.0. The number of nitrogens with zero attached hydrogens (tertiary/aromatic N) is 2. The molecule has 4 aliphatic rings. The molecule has 3 saturated heterocycles. The van der Waals surface area contributed by atoms with E-state index in [0.717, 1.165) is 44.5 Å². The zero-order valence-electron chi connectivity index (χ0n) is 16.0. The van der Waals surface area contributed by atoms with Gasteiger partial charge in [-0.2, -0.15) is 4.31 Å². The monoisotopic (exact) mass is 408 g/mol. The summed E-state index contributed by atoms with van der Waals surface area (Å²) in [6.07, 6.45) is 6.71. The molecule has 4 fully saturated rings. The number of hydrogen-bond acceptors (Lipinski definition) is 6. The third-order valence-corrected chi connectivity index (χ3v) is 9.24. The summed E-state index contributed by atoms with van der Waals surface area (Å²) in [5, 5.41) is 9.96. The van der Waals surface area contributed by atoms with E-state index in [4.69, 9.17) is 4.52 Å². The molecule has 28 heavy (non-hydrogen) atoms. The summed E-state index contributed by atoms with van der Waals surface area (Å²) in [7, 11) is -3.27. The number of piperidine rings is 2. The average molecular weight is 409 g/mol. The molecule has 3 atom stereocenters. The van der Waals surface area contributed by atoms with Gasteiger partial charge in [0.25, 0.3) is 5.91 Å². The lowest BCUT2D eigenvalue weighted by Crippen LogP contribution is -2.55. The van der Waals surface area contributed by atoms with E-state index in [1.807, 2.05) is 0 Å². The second-order valence-electron chi connectivity index (χ2n) is 8.74. The lowest BCUT2D eigenvalue weighted by atomic mass is 9.99. The van der Waals surface area contributed by atoms with Crippen LogP contribution in [0, 0.1) is 0 Å². The highest BCUT2D eigenvalue weighted by atomic mass is 32.2. The molecule has 8 nitrogen and oxygen atoms in total. The van der Waals surface area contributed by atoms with Crippen LogP contribution >= 0.6 is 0 Å². The van der Waals surface area contributed by atoms with Crippen LogP contribution in [0.5, 0.6) is 0 Å². The minimum absolute atomic E-state index is 0.00303. The number of sulfonamides is 1. The van der Waals surface area contributed by atoms with Crippen molar-refractivity contribution < 1.29 is 17.7 Å². The minimum Gasteiger partial charge on any atom is -0.360 e. The average Bonchev–Trinajstić information content (AvgIpc) is 3.35. The maximum atomic E-state index is 13.2. The molecule has 154 valence electrons. The van der Waals surface area contributed by atoms with E-state index in [-0.39, 0.29) is 29.3 Å². The van der Waals surface area contributed by atoms with E-state index in [9.17, 15) is 13.2 Å². The first-order valence-electron chi connectivity index (χ1n) is 10.5. The number of fused-ring (bicyclic) bond motifs is 2. The molecule has 0 aromatic carbocycles. The van der Waals surface area contributed by atoms with Crippen LogP contribution < -0.4 is 10.6 Å². The van der Waals surface area contributed by atoms with Gasteiger partial charge < -0.3 is 15.2 Å². The summed E-state index contributed by atoms with van der Waals surface area (Å²) in [5.74, 6) is 1.01. The van der Waals surface area contributed by atoms with Crippen molar-refractivity contribution in [2.75, 3.05) is 13.1 Å². The molecule has 0 radical (unpaired) electrons. The first-order chi connectivity index (χ1) is 13.5. The second-order valence-corrected chi connectivity index (χ2v) is 10.9. The van der Waals surface area contributed by atoms with Crippen LogP contribution in [0.25, 0.3) is 0 Å². The fourth-order valence-corrected chi connectivity index (χ4v) is 7.54. The molecule has 4 heterocycles. The van der Waals surface area contributed by atoms with Gasteiger partial charge in [-0.05, 0) is 64.5 Å². The molecule has 3 aliphatic heterocycles. The van der Waals surface area contributed by atoms with Crippen LogP contribution in [-0.2, 0) is 10.0 Å². The highest BCUT2D eigenvalue weighted by Gasteiger charge is 2.49. The molecule has 9 heteroatoms. The smallest absolute Gasteiger partial charge is 0.273 e. The Morgan fingerprint density at radius 2 is 1.79 bits per heavy atom. The quantitative estimate of drug-likeness (QED) is 0.762. The molecule has 2 bridgehead atoms. The van der Waals surface area contributed by atoms with Crippen LogP contribution in [0.15, 0.2) is 10.6 Å². The third kappa shape index (κ3) is 3.37. The normalized spacial score (nSPS) is 31.8. The summed E-state index contributed by atoms with van der Waals surface area (Å²) < 4.78 is 33.5. The van der Waals surface area contributed by atoms with Gasteiger partial charge in [0, 0.05) is 30.1 Å². The molecule has 1 aliphatic carbocycles. The number of carbonyl (C=O) groups excluding carboxylic acids is 1. The Kier molecular flexibility index (Phi) is 4.71. The highest BCUT2D eigenvalue weighted by Crippen LogP contribution is 2.41. The van der Waals surface area contributed by atoms with Crippen LogP contribution in [0.1, 0.15) is 73.5 Å². The molecule has 2 N–H and O–H groups in total. The number of carbonyl (C=O) groups is 1. The lowest BCUT2D eigenvalue weighted by Gasteiger charge is -2.40. The number of aromatic nitrogens is 1. The van der Waals surface area contributed by atoms with Crippen molar-refractivity contribution >= 4 is 15.9 Å². The summed E-state index contributed by atoms with van der Waals surface area (Å²) >= 11 is 0. The number of rotatable bonds is 5. The SMILES string of the molecule is O=C(NC1C[C@H]2CC[C@@H](C1)N2S(=O)(=O)C1CCNCC1)c1cc(C2CC2)on1. The van der Waals surface area contributed by atoms with Crippen molar-refractivity contribution in [2.24, 2.45) is 0 Å². The molecule has 1 aromatic heterocycles. The topological polar surface area (TPSA) is 105 Å². The second kappa shape index (κ2) is 7.11. The number of amides is 1. The van der Waals surface area contributed by atoms with Crippen LogP contribution in [0.4, 0.5) is 0 Å². The highest BCUT2D eigenvalue weighted by molar-refractivity contribution is 7.89. The van der Waals surface area contributed by atoms with Crippen molar-refractivity contribution in [1.29, 1.82) is 0 Å². The summed E-state index contributed by atoms with van der Waals surface area (Å²) in [6.45, 7) is 1.54. The van der Waals surface area contributed by atoms with Gasteiger partial charge in [-0.3, -0.25) is 4.79 Å². The van der Waals surface area contributed by atoms with E-state index >= 15 is 0 Å². The maximum Gasteiger partial charge on any atom is 0.273 e. The third-order valence-electron chi connectivity index (χ3n) is 6.74. The Bertz CT molecular complexity index is 830. The van der Waals surface area contributed by atoms with Gasteiger partial charge in [0.1, 0.15) is 5.76 Å². The Morgan fingerprint density at radius 3 is 2.43 bits per heavy atom. The van der Waals surface area contributed by atoms with Crippen molar-refractivity contribution in [3.8, 4) is 0 Å². The van der Waals surface area contributed by atoms with E-state index in [0.29, 0.717) is 37.3 Å². The zero-order valence-corrected chi connectivity index (χ0v) is 16.8. The van der Waals surface area contributed by atoms with Crippen molar-refractivity contribution in [3.05, 3.63) is 17.5 Å². The molecule has 1 unspecified atom stereocenters. The van der Waals surface area contributed by atoms with Crippen LogP contribution in [-0.4, -0.2) is 60.3 Å². The molecule has 1 aromatic rings. The van der Waals surface area contributed by atoms with Crippen molar-refractivity contribution in [2.45, 2.75) is 80.7 Å². The van der Waals surface area contributed by atoms with Gasteiger partial charge in [0.05, 0.1) is 5.25 Å². The fourth-order valence-electron chi connectivity index (χ4n) is 5.15. The number of nitrogens with one attached hydrogen (secondary N) is 2. The van der Waals surface area contributed by atoms with E-state index in [1.54, 1.807) is 10.4 Å². The zero-order chi connectivity index (χ0) is 19.3. The Hall–Kier alpha value is -1.45. The minimum atomic E-state index is -3.27. The van der Waals surface area contributed by atoms with E-state index < -0.39 is 10.0 Å². The summed E-state index contributed by atoms with van der Waals surface area (Å²) in [5.41, 5.74) is 0.332. The largest absolute Gasteiger partial charge is 0.360 e. The molecule has 1 amide bonds. The predicted molar refractivity (Wildman–Crippen MR) is 102 cm³/mol. The van der Waals surface area contributed by atoms with Crippen LogP contribution in [0.2, 0.25) is 0 Å². The van der Waals surface area contributed by atoms with Gasteiger partial charge in [0.15, 0.2) is 5.69 Å². The van der Waals surface area contributed by atoms with Gasteiger partial charge in [-0.1, -0.05) is 5.16 Å². The van der Waals surface area contributed by atoms with Crippen molar-refractivity contribution in [1.82, 2.24) is 20.1 Å². The molecular formula is C19H28N4O4S. The Balaban J connectivity index is 1.24. The predicted octanol–water partition coefficient (Wildman–Crippen LogP) is 1.36. The summed E-state index contributed by atoms with van der Waals surface area (Å²) in [4.78, 5) is 12.6. The molecule has 1 saturated carbocycles. The van der Waals surface area contributed by atoms with E-state index in [1.165, 1.54) is 0 Å². The standard InChI is InChI=1S/C19H28N4O4S/c24-19(17-11-18(27-22-17)12-1-2-12)21-13-9-14-3-4-15(10-13)23(14)28(25,26)16-5-7-20-8-6-16/h11-16,20H,1-10H2,(H,21,24)/t13?,14-,15+. The van der Waals surface area contributed by atoms with Gasteiger partial charge >= 0.3 is 0 Å². The molecule has 0 spiro atoms. The van der Waals surface area contributed by atoms with Gasteiger partial charge in [-0.25, -0.2) is 8.42 Å². The lowest BCUT2D eigenvalue weighted by molar-refractivity contribution is 0.0899. The van der Waals surface area contributed by atoms with E-state index in [2.05, 4.69) is 15.8 Å².